The Kier molecular flexibility index (Phi) is 7.35. The summed E-state index contributed by atoms with van der Waals surface area (Å²) in [5.41, 5.74) is -0.165. The van der Waals surface area contributed by atoms with E-state index in [0.717, 1.165) is 5.75 Å². The van der Waals surface area contributed by atoms with Crippen molar-refractivity contribution >= 4 is 5.97 Å². The van der Waals surface area contributed by atoms with Gasteiger partial charge in [-0.05, 0) is 36.4 Å². The number of hydrogen-bond donors (Lipinski definition) is 2. The molecule has 2 N–H and O–H groups in total. The Morgan fingerprint density at radius 3 is 2.00 bits per heavy atom. The second-order valence-corrected chi connectivity index (χ2v) is 4.36. The second-order valence-electron chi connectivity index (χ2n) is 4.36. The number of rotatable bonds is 7. The first-order chi connectivity index (χ1) is 10.6. The van der Waals surface area contributed by atoms with E-state index in [-0.39, 0.29) is 37.4 Å². The van der Waals surface area contributed by atoms with Crippen molar-refractivity contribution in [3.05, 3.63) is 48.0 Å². The number of carbonyl (C=O) groups is 1. The third-order valence-electron chi connectivity index (χ3n) is 2.88. The fourth-order valence-corrected chi connectivity index (χ4v) is 1.77. The van der Waals surface area contributed by atoms with Gasteiger partial charge in [-0.3, -0.25) is 0 Å². The Labute approximate surface area is 146 Å². The van der Waals surface area contributed by atoms with Crippen LogP contribution in [0.1, 0.15) is 10.4 Å². The second kappa shape index (κ2) is 9.00. The van der Waals surface area contributed by atoms with Gasteiger partial charge in [-0.25, -0.2) is 4.79 Å². The van der Waals surface area contributed by atoms with Crippen molar-refractivity contribution in [1.82, 2.24) is 0 Å². The quantitative estimate of drug-likeness (QED) is 0.576. The number of ether oxygens (including phenoxy) is 3. The molecule has 0 amide bonds. The van der Waals surface area contributed by atoms with Gasteiger partial charge in [0.25, 0.3) is 0 Å². The number of methoxy groups -OCH3 is 1. The van der Waals surface area contributed by atoms with Crippen LogP contribution in [0.5, 0.6) is 23.0 Å². The topological polar surface area (TPSA) is 85.2 Å². The molecule has 0 fully saturated rings. The largest absolute Gasteiger partial charge is 2.00 e. The molecule has 23 heavy (non-hydrogen) atoms. The van der Waals surface area contributed by atoms with Gasteiger partial charge < -0.3 is 24.4 Å². The van der Waals surface area contributed by atoms with Crippen molar-refractivity contribution in [2.75, 3.05) is 20.3 Å². The van der Waals surface area contributed by atoms with Crippen LogP contribution >= 0.6 is 0 Å². The van der Waals surface area contributed by atoms with Crippen LogP contribution in [0.15, 0.2) is 42.5 Å². The summed E-state index contributed by atoms with van der Waals surface area (Å²) in [6.45, 7) is 0.575. The van der Waals surface area contributed by atoms with E-state index in [9.17, 15) is 9.90 Å². The summed E-state index contributed by atoms with van der Waals surface area (Å²) in [6, 6.07) is 11.2. The SMILES string of the molecule is COc1ccc(OCCOc2ccc(C(=O)O)c(O)c2)cc1.[Zn+2]. The van der Waals surface area contributed by atoms with Crippen molar-refractivity contribution in [3.63, 3.8) is 0 Å². The molecule has 0 unspecified atom stereocenters. The third kappa shape index (κ3) is 5.45. The Morgan fingerprint density at radius 2 is 1.48 bits per heavy atom. The standard InChI is InChI=1S/C16H16O6.Zn/c1-20-11-2-4-12(5-3-11)21-8-9-22-13-6-7-14(16(18)19)15(17)10-13;/h2-7,10,17H,8-9H2,1H3,(H,18,19);/q;+2. The first-order valence-electron chi connectivity index (χ1n) is 6.56. The molecule has 0 aliphatic heterocycles. The van der Waals surface area contributed by atoms with Crippen molar-refractivity contribution in [3.8, 4) is 23.0 Å². The Hall–Kier alpha value is -2.27. The predicted octanol–water partition coefficient (Wildman–Crippen LogP) is 2.55. The number of carboxylic acid groups (broad SMARTS) is 1. The molecule has 0 saturated heterocycles. The number of hydrogen-bond acceptors (Lipinski definition) is 5. The van der Waals surface area contributed by atoms with E-state index in [4.69, 9.17) is 19.3 Å². The van der Waals surface area contributed by atoms with Gasteiger partial charge in [0.05, 0.1) is 7.11 Å². The normalized spacial score (nSPS) is 9.61. The maximum Gasteiger partial charge on any atom is 2.00 e. The molecule has 6 nitrogen and oxygen atoms in total. The molecule has 2 rings (SSSR count). The van der Waals surface area contributed by atoms with Crippen LogP contribution in [0, 0.1) is 0 Å². The van der Waals surface area contributed by atoms with Crippen LogP contribution < -0.4 is 14.2 Å². The van der Waals surface area contributed by atoms with E-state index in [1.54, 1.807) is 31.4 Å². The summed E-state index contributed by atoms with van der Waals surface area (Å²) < 4.78 is 15.9. The molecule has 0 radical (unpaired) electrons. The van der Waals surface area contributed by atoms with Crippen LogP contribution in [-0.4, -0.2) is 36.5 Å². The molecule has 0 atom stereocenters. The van der Waals surface area contributed by atoms with Crippen LogP contribution in [0.4, 0.5) is 0 Å². The number of benzene rings is 2. The van der Waals surface area contributed by atoms with E-state index in [2.05, 4.69) is 0 Å². The fourth-order valence-electron chi connectivity index (χ4n) is 1.77. The molecular formula is C16H16O6Zn+2. The van der Waals surface area contributed by atoms with Crippen LogP contribution in [0.3, 0.4) is 0 Å². The molecule has 0 saturated carbocycles. The summed E-state index contributed by atoms with van der Waals surface area (Å²) in [5, 5.41) is 18.3. The molecule has 0 bridgehead atoms. The number of aromatic carboxylic acids is 1. The van der Waals surface area contributed by atoms with Gasteiger partial charge in [0, 0.05) is 6.07 Å². The van der Waals surface area contributed by atoms with E-state index in [0.29, 0.717) is 18.1 Å². The van der Waals surface area contributed by atoms with Gasteiger partial charge >= 0.3 is 25.4 Å². The number of aromatic hydroxyl groups is 1. The molecule has 0 spiro atoms. The predicted molar refractivity (Wildman–Crippen MR) is 79.1 cm³/mol. The zero-order chi connectivity index (χ0) is 15.9. The Morgan fingerprint density at radius 1 is 0.957 bits per heavy atom. The van der Waals surface area contributed by atoms with E-state index >= 15 is 0 Å². The van der Waals surface area contributed by atoms with Crippen LogP contribution in [0.25, 0.3) is 0 Å². The number of carboxylic acids is 1. The minimum Gasteiger partial charge on any atom is -0.507 e. The molecule has 0 aromatic heterocycles. The van der Waals surface area contributed by atoms with Crippen molar-refractivity contribution in [2.45, 2.75) is 0 Å². The summed E-state index contributed by atoms with van der Waals surface area (Å²) in [5.74, 6) is 0.292. The van der Waals surface area contributed by atoms with E-state index in [1.165, 1.54) is 18.2 Å². The van der Waals surface area contributed by atoms with Crippen LogP contribution in [0.2, 0.25) is 0 Å². The summed E-state index contributed by atoms with van der Waals surface area (Å²) in [6.07, 6.45) is 0. The summed E-state index contributed by atoms with van der Waals surface area (Å²) in [4.78, 5) is 10.8. The van der Waals surface area contributed by atoms with Gasteiger partial charge in [-0.15, -0.1) is 0 Å². The van der Waals surface area contributed by atoms with Gasteiger partial charge in [0.2, 0.25) is 0 Å². The smallest absolute Gasteiger partial charge is 0.507 e. The Balaban J connectivity index is 0.00000264. The third-order valence-corrected chi connectivity index (χ3v) is 2.88. The average Bonchev–Trinajstić information content (AvgIpc) is 2.52. The molecular weight excluding hydrogens is 354 g/mol. The molecule has 0 heterocycles. The average molecular weight is 370 g/mol. The molecule has 7 heteroatoms. The van der Waals surface area contributed by atoms with Crippen molar-refractivity contribution < 1.29 is 48.7 Å². The zero-order valence-electron chi connectivity index (χ0n) is 12.7. The zero-order valence-corrected chi connectivity index (χ0v) is 15.7. The maximum absolute atomic E-state index is 10.8. The summed E-state index contributed by atoms with van der Waals surface area (Å²) in [7, 11) is 1.59. The van der Waals surface area contributed by atoms with Crippen molar-refractivity contribution in [2.24, 2.45) is 0 Å². The molecule has 0 aliphatic carbocycles. The van der Waals surface area contributed by atoms with Gasteiger partial charge in [0.15, 0.2) is 0 Å². The van der Waals surface area contributed by atoms with Gasteiger partial charge in [-0.2, -0.15) is 0 Å². The maximum atomic E-state index is 10.8. The molecule has 2 aromatic rings. The van der Waals surface area contributed by atoms with Gasteiger partial charge in [-0.1, -0.05) is 0 Å². The first-order valence-corrected chi connectivity index (χ1v) is 6.56. The van der Waals surface area contributed by atoms with Crippen molar-refractivity contribution in [1.29, 1.82) is 0 Å². The monoisotopic (exact) mass is 368 g/mol. The minimum absolute atomic E-state index is 0. The minimum atomic E-state index is -1.19. The van der Waals surface area contributed by atoms with E-state index in [1.807, 2.05) is 0 Å². The Bertz CT molecular complexity index is 642. The van der Waals surface area contributed by atoms with E-state index < -0.39 is 5.97 Å². The summed E-state index contributed by atoms with van der Waals surface area (Å²) >= 11 is 0. The number of phenols is 1. The van der Waals surface area contributed by atoms with Crippen LogP contribution in [-0.2, 0) is 19.5 Å². The van der Waals surface area contributed by atoms with Gasteiger partial charge in [0.1, 0.15) is 41.8 Å². The molecule has 0 aliphatic rings. The molecule has 116 valence electrons. The fraction of sp³-hybridized carbons (Fsp3) is 0.188. The molecule has 2 aromatic carbocycles. The first kappa shape index (κ1) is 18.8.